The zero-order valence-electron chi connectivity index (χ0n) is 28.0. The van der Waals surface area contributed by atoms with Gasteiger partial charge in [-0.05, 0) is 63.3 Å². The van der Waals surface area contributed by atoms with Crippen LogP contribution in [-0.2, 0) is 34.6 Å². The third-order valence-electron chi connectivity index (χ3n) is 9.87. The van der Waals surface area contributed by atoms with Crippen molar-refractivity contribution in [1.82, 2.24) is 25.2 Å². The van der Waals surface area contributed by atoms with Crippen LogP contribution < -0.4 is 11.1 Å². The van der Waals surface area contributed by atoms with Gasteiger partial charge in [0.2, 0.25) is 11.7 Å². The first-order valence-electron chi connectivity index (χ1n) is 16.7. The summed E-state index contributed by atoms with van der Waals surface area (Å²) >= 11 is 3.35. The number of aliphatic hydroxyl groups is 1. The molecule has 3 aliphatic rings. The molecule has 1 aromatic heterocycles. The Balaban J connectivity index is 1.53. The number of hydrogen-bond acceptors (Lipinski definition) is 10. The molecule has 0 bridgehead atoms. The SMILES string of the molecule is CC(C)(O)c1cnnn1[C@H]1C[C@@H](C(=O)NC2(C(=O)C(N)=O)CCS(=O)(=O)CC2)N(C(=O)/C(CC2CCCCC2)=N/C(=O)c2ccc(Br)cc2)C1. The molecule has 1 aliphatic carbocycles. The van der Waals surface area contributed by atoms with Gasteiger partial charge in [0.1, 0.15) is 22.9 Å². The topological polar surface area (TPSA) is 224 Å². The Bertz CT molecular complexity index is 1780. The van der Waals surface area contributed by atoms with Crippen LogP contribution in [0.3, 0.4) is 0 Å². The first kappa shape index (κ1) is 37.4. The molecule has 17 heteroatoms. The number of Topliss-reactive ketones (excluding diaryl/α,β-unsaturated/α-hetero) is 1. The van der Waals surface area contributed by atoms with Crippen LogP contribution >= 0.6 is 15.9 Å². The number of nitrogens with zero attached hydrogens (tertiary/aromatic N) is 5. The van der Waals surface area contributed by atoms with E-state index in [4.69, 9.17) is 5.73 Å². The van der Waals surface area contributed by atoms with Gasteiger partial charge in [-0.15, -0.1) is 5.10 Å². The summed E-state index contributed by atoms with van der Waals surface area (Å²) in [6, 6.07) is 4.61. The molecule has 2 atom stereocenters. The quantitative estimate of drug-likeness (QED) is 0.234. The van der Waals surface area contributed by atoms with E-state index < -0.39 is 74.0 Å². The van der Waals surface area contributed by atoms with Crippen LogP contribution in [0.25, 0.3) is 0 Å². The Kier molecular flexibility index (Phi) is 11.1. The monoisotopic (exact) mass is 775 g/mol. The number of primary amides is 1. The smallest absolute Gasteiger partial charge is 0.287 e. The van der Waals surface area contributed by atoms with Crippen molar-refractivity contribution >= 4 is 60.9 Å². The number of likely N-dealkylation sites (tertiary alicyclic amines) is 1. The fourth-order valence-corrected chi connectivity index (χ4v) is 8.84. The molecule has 0 spiro atoms. The van der Waals surface area contributed by atoms with Gasteiger partial charge >= 0.3 is 0 Å². The van der Waals surface area contributed by atoms with Crippen molar-refractivity contribution in [1.29, 1.82) is 0 Å². The standard InChI is InChI=1S/C33H42BrN7O8S/c1-32(2,47)26-18-36-39-41(26)23-17-25(30(45)38-33(27(42)28(35)43)12-14-50(48,49)15-13-33)40(19-23)31(46)24(16-20-6-4-3-5-7-20)37-29(44)21-8-10-22(34)11-9-21/h8-11,18,20,23,25,47H,3-7,12-17,19H2,1-2H3,(H2,35,43)(H,38,45)/b37-24+/t23-,25-/m0/s1. The van der Waals surface area contributed by atoms with Gasteiger partial charge in [-0.3, -0.25) is 24.0 Å². The largest absolute Gasteiger partial charge is 0.384 e. The second-order valence-electron chi connectivity index (χ2n) is 14.0. The maximum atomic E-state index is 14.6. The highest BCUT2D eigenvalue weighted by Crippen LogP contribution is 2.34. The van der Waals surface area contributed by atoms with Crippen molar-refractivity contribution in [3.05, 3.63) is 46.2 Å². The summed E-state index contributed by atoms with van der Waals surface area (Å²) in [5, 5.41) is 21.5. The van der Waals surface area contributed by atoms with Gasteiger partial charge in [-0.2, -0.15) is 0 Å². The van der Waals surface area contributed by atoms with Crippen molar-refractivity contribution in [2.24, 2.45) is 16.6 Å². The van der Waals surface area contributed by atoms with E-state index in [9.17, 15) is 37.5 Å². The molecule has 3 fully saturated rings. The minimum absolute atomic E-state index is 0.0174. The number of hydrogen-bond donors (Lipinski definition) is 3. The molecule has 1 aromatic carbocycles. The van der Waals surface area contributed by atoms with Gasteiger partial charge < -0.3 is 21.1 Å². The zero-order chi connectivity index (χ0) is 36.4. The van der Waals surface area contributed by atoms with E-state index in [0.717, 1.165) is 36.6 Å². The molecule has 1 saturated carbocycles. The molecule has 2 saturated heterocycles. The molecule has 2 aliphatic heterocycles. The number of benzene rings is 1. The van der Waals surface area contributed by atoms with Crippen LogP contribution in [0, 0.1) is 5.92 Å². The average molecular weight is 777 g/mol. The number of aliphatic imine (C=N–C) groups is 1. The maximum absolute atomic E-state index is 14.6. The van der Waals surface area contributed by atoms with Crippen molar-refractivity contribution in [2.45, 2.75) is 94.9 Å². The summed E-state index contributed by atoms with van der Waals surface area (Å²) in [5.74, 6) is -5.36. The number of nitrogens with two attached hydrogens (primary N) is 1. The lowest BCUT2D eigenvalue weighted by Crippen LogP contribution is -2.64. The van der Waals surface area contributed by atoms with E-state index in [-0.39, 0.29) is 49.4 Å². The lowest BCUT2D eigenvalue weighted by Gasteiger charge is -2.37. The molecule has 0 unspecified atom stereocenters. The first-order chi connectivity index (χ1) is 23.5. The van der Waals surface area contributed by atoms with E-state index in [1.807, 2.05) is 0 Å². The molecule has 3 heterocycles. The van der Waals surface area contributed by atoms with Gasteiger partial charge in [-0.1, -0.05) is 53.2 Å². The van der Waals surface area contributed by atoms with Gasteiger partial charge in [0.25, 0.3) is 17.7 Å². The van der Waals surface area contributed by atoms with Crippen LogP contribution in [-0.4, -0.2) is 98.2 Å². The van der Waals surface area contributed by atoms with E-state index >= 15 is 0 Å². The second kappa shape index (κ2) is 14.8. The van der Waals surface area contributed by atoms with E-state index in [1.165, 1.54) is 15.8 Å². The minimum atomic E-state index is -3.52. The lowest BCUT2D eigenvalue weighted by molar-refractivity contribution is -0.143. The minimum Gasteiger partial charge on any atom is -0.384 e. The highest BCUT2D eigenvalue weighted by molar-refractivity contribution is 9.10. The van der Waals surface area contributed by atoms with Crippen LogP contribution in [0.5, 0.6) is 0 Å². The molecule has 2 aromatic rings. The van der Waals surface area contributed by atoms with Crippen molar-refractivity contribution in [3.8, 4) is 0 Å². The number of amides is 4. The van der Waals surface area contributed by atoms with Crippen molar-refractivity contribution in [2.75, 3.05) is 18.1 Å². The van der Waals surface area contributed by atoms with Crippen LogP contribution in [0.2, 0.25) is 0 Å². The Morgan fingerprint density at radius 1 is 1.08 bits per heavy atom. The van der Waals surface area contributed by atoms with Gasteiger partial charge in [-0.25, -0.2) is 18.1 Å². The predicted molar refractivity (Wildman–Crippen MR) is 184 cm³/mol. The lowest BCUT2D eigenvalue weighted by atomic mass is 9.85. The number of halogens is 1. The maximum Gasteiger partial charge on any atom is 0.287 e. The molecule has 0 radical (unpaired) electrons. The molecule has 15 nitrogen and oxygen atoms in total. The van der Waals surface area contributed by atoms with Crippen LogP contribution in [0.4, 0.5) is 0 Å². The zero-order valence-corrected chi connectivity index (χ0v) is 30.4. The summed E-state index contributed by atoms with van der Waals surface area (Å²) in [6.07, 6.45) is 5.53. The summed E-state index contributed by atoms with van der Waals surface area (Å²) in [6.45, 7) is 3.00. The number of ketones is 1. The third kappa shape index (κ3) is 8.37. The highest BCUT2D eigenvalue weighted by atomic mass is 79.9. The Morgan fingerprint density at radius 3 is 2.32 bits per heavy atom. The summed E-state index contributed by atoms with van der Waals surface area (Å²) in [5.41, 5.74) is 2.67. The number of carbonyl (C=O) groups excluding carboxylic acids is 5. The summed E-state index contributed by atoms with van der Waals surface area (Å²) in [4.78, 5) is 73.1. The fraction of sp³-hybridized carbons (Fsp3) is 0.576. The molecular formula is C33H42BrN7O8S. The van der Waals surface area contributed by atoms with Gasteiger partial charge in [0.05, 0.1) is 29.4 Å². The molecule has 270 valence electrons. The molecule has 4 N–H and O–H groups in total. The molecular weight excluding hydrogens is 734 g/mol. The summed E-state index contributed by atoms with van der Waals surface area (Å²) in [7, 11) is -3.52. The van der Waals surface area contributed by atoms with Gasteiger partial charge in [0.15, 0.2) is 9.84 Å². The number of sulfone groups is 1. The Morgan fingerprint density at radius 2 is 1.72 bits per heavy atom. The second-order valence-corrected chi connectivity index (χ2v) is 17.2. The fourth-order valence-electron chi connectivity index (χ4n) is 7.06. The number of rotatable bonds is 10. The van der Waals surface area contributed by atoms with E-state index in [1.54, 1.807) is 38.1 Å². The van der Waals surface area contributed by atoms with Crippen molar-refractivity contribution in [3.63, 3.8) is 0 Å². The summed E-state index contributed by atoms with van der Waals surface area (Å²) < 4.78 is 26.7. The Hall–Kier alpha value is -3.83. The average Bonchev–Trinajstić information content (AvgIpc) is 3.74. The first-order valence-corrected chi connectivity index (χ1v) is 19.3. The van der Waals surface area contributed by atoms with E-state index in [0.29, 0.717) is 5.69 Å². The molecule has 5 rings (SSSR count). The third-order valence-corrected chi connectivity index (χ3v) is 12.1. The predicted octanol–water partition coefficient (Wildman–Crippen LogP) is 1.78. The number of carbonyl (C=O) groups is 5. The highest BCUT2D eigenvalue weighted by Gasteiger charge is 2.50. The van der Waals surface area contributed by atoms with Crippen molar-refractivity contribution < 1.29 is 37.5 Å². The number of aromatic nitrogens is 3. The molecule has 50 heavy (non-hydrogen) atoms. The number of nitrogens with one attached hydrogen (secondary N) is 1. The van der Waals surface area contributed by atoms with Crippen LogP contribution in [0.15, 0.2) is 39.9 Å². The van der Waals surface area contributed by atoms with Crippen LogP contribution in [0.1, 0.15) is 93.7 Å². The Labute approximate surface area is 298 Å². The normalized spacial score (nSPS) is 22.6. The van der Waals surface area contributed by atoms with Gasteiger partial charge in [0, 0.05) is 23.0 Å². The molecule has 4 amide bonds. The van der Waals surface area contributed by atoms with E-state index in [2.05, 4.69) is 36.6 Å².